The van der Waals surface area contributed by atoms with Crippen molar-refractivity contribution in [2.24, 2.45) is 7.05 Å². The second-order valence-electron chi connectivity index (χ2n) is 5.50. The highest BCUT2D eigenvalue weighted by atomic mass is 32.1. The van der Waals surface area contributed by atoms with Crippen molar-refractivity contribution < 1.29 is 9.53 Å². The number of nitrogens with zero attached hydrogens (tertiary/aromatic N) is 3. The van der Waals surface area contributed by atoms with Gasteiger partial charge in [0, 0.05) is 32.1 Å². The van der Waals surface area contributed by atoms with Crippen molar-refractivity contribution in [2.45, 2.75) is 13.5 Å². The summed E-state index contributed by atoms with van der Waals surface area (Å²) in [4.78, 5) is 16.9. The molecule has 3 aromatic rings. The molecule has 0 atom stereocenters. The van der Waals surface area contributed by atoms with Crippen molar-refractivity contribution in [1.82, 2.24) is 14.8 Å². The van der Waals surface area contributed by atoms with Crippen LogP contribution in [0.3, 0.4) is 0 Å². The first kappa shape index (κ1) is 17.1. The molecule has 0 saturated carbocycles. The van der Waals surface area contributed by atoms with E-state index in [1.54, 1.807) is 31.1 Å². The second-order valence-corrected chi connectivity index (χ2v) is 6.70. The van der Waals surface area contributed by atoms with Crippen LogP contribution in [-0.2, 0) is 18.4 Å². The van der Waals surface area contributed by atoms with Crippen molar-refractivity contribution in [3.63, 3.8) is 0 Å². The van der Waals surface area contributed by atoms with Crippen LogP contribution in [0.4, 0.5) is 16.5 Å². The molecule has 0 saturated heterocycles. The van der Waals surface area contributed by atoms with Crippen LogP contribution in [0.25, 0.3) is 0 Å². The molecule has 2 N–H and O–H groups in total. The third-order valence-electron chi connectivity index (χ3n) is 3.40. The Morgan fingerprint density at radius 3 is 2.92 bits per heavy atom. The minimum absolute atomic E-state index is 0.293. The average molecular weight is 357 g/mol. The van der Waals surface area contributed by atoms with Gasteiger partial charge in [-0.05, 0) is 24.6 Å². The highest BCUT2D eigenvalue weighted by Crippen LogP contribution is 2.28. The number of carbonyl (C=O) groups excluding carboxylic acids is 1. The summed E-state index contributed by atoms with van der Waals surface area (Å²) < 4.78 is 6.78. The molecule has 0 bridgehead atoms. The maximum absolute atomic E-state index is 12.5. The Bertz CT molecular complexity index is 887. The molecule has 2 aromatic heterocycles. The normalized spacial score (nSPS) is 10.7. The Balaban J connectivity index is 1.80. The summed E-state index contributed by atoms with van der Waals surface area (Å²) in [5, 5.41) is 11.7. The fourth-order valence-corrected chi connectivity index (χ4v) is 3.20. The number of ether oxygens (including phenoxy) is 1. The van der Waals surface area contributed by atoms with E-state index >= 15 is 0 Å². The number of hydrogen-bond donors (Lipinski definition) is 2. The molecule has 1 aromatic carbocycles. The van der Waals surface area contributed by atoms with E-state index in [1.807, 2.05) is 31.2 Å². The second kappa shape index (κ2) is 7.45. The zero-order valence-electron chi connectivity index (χ0n) is 14.2. The van der Waals surface area contributed by atoms with Crippen LogP contribution in [0.15, 0.2) is 36.5 Å². The number of rotatable bonds is 6. The predicted octanol–water partition coefficient (Wildman–Crippen LogP) is 3.33. The SMILES string of the molecule is COCc1cccc(Nc2sc(C)nc2C(=O)Nc2ccn(C)n2)c1. The van der Waals surface area contributed by atoms with Crippen molar-refractivity contribution >= 4 is 33.8 Å². The van der Waals surface area contributed by atoms with Gasteiger partial charge in [-0.3, -0.25) is 9.48 Å². The molecule has 0 radical (unpaired) electrons. The standard InChI is InChI=1S/C17H19N5O2S/c1-11-18-15(16(23)20-14-7-8-22(2)21-14)17(25-11)19-13-6-4-5-12(9-13)10-24-3/h4-9,19H,10H2,1-3H3,(H,20,21,23). The molecule has 1 amide bonds. The Morgan fingerprint density at radius 2 is 2.20 bits per heavy atom. The van der Waals surface area contributed by atoms with Gasteiger partial charge in [-0.15, -0.1) is 11.3 Å². The lowest BCUT2D eigenvalue weighted by molar-refractivity contribution is 0.102. The van der Waals surface area contributed by atoms with E-state index in [2.05, 4.69) is 20.7 Å². The zero-order chi connectivity index (χ0) is 17.8. The maximum atomic E-state index is 12.5. The Hall–Kier alpha value is -2.71. The Labute approximate surface area is 149 Å². The summed E-state index contributed by atoms with van der Waals surface area (Å²) in [5.41, 5.74) is 2.28. The van der Waals surface area contributed by atoms with E-state index in [0.29, 0.717) is 23.1 Å². The number of carbonyl (C=O) groups is 1. The van der Waals surface area contributed by atoms with Gasteiger partial charge in [0.05, 0.1) is 11.6 Å². The van der Waals surface area contributed by atoms with Crippen LogP contribution in [0.2, 0.25) is 0 Å². The largest absolute Gasteiger partial charge is 0.380 e. The molecule has 25 heavy (non-hydrogen) atoms. The number of aryl methyl sites for hydroxylation is 2. The number of anilines is 3. The van der Waals surface area contributed by atoms with Crippen LogP contribution in [0, 0.1) is 6.92 Å². The predicted molar refractivity (Wildman–Crippen MR) is 98.4 cm³/mol. The fraction of sp³-hybridized carbons (Fsp3) is 0.235. The monoisotopic (exact) mass is 357 g/mol. The van der Waals surface area contributed by atoms with Gasteiger partial charge in [0.15, 0.2) is 11.5 Å². The fourth-order valence-electron chi connectivity index (χ4n) is 2.36. The average Bonchev–Trinajstić information content (AvgIpc) is 3.13. The van der Waals surface area contributed by atoms with E-state index in [9.17, 15) is 4.79 Å². The summed E-state index contributed by atoms with van der Waals surface area (Å²) in [6.07, 6.45) is 1.77. The van der Waals surface area contributed by atoms with Crippen LogP contribution >= 0.6 is 11.3 Å². The number of amides is 1. The molecule has 3 rings (SSSR count). The molecular formula is C17H19N5O2S. The molecule has 8 heteroatoms. The molecular weight excluding hydrogens is 338 g/mol. The van der Waals surface area contributed by atoms with Gasteiger partial charge in [-0.25, -0.2) is 4.98 Å². The number of nitrogens with one attached hydrogen (secondary N) is 2. The van der Waals surface area contributed by atoms with E-state index in [0.717, 1.165) is 16.3 Å². The van der Waals surface area contributed by atoms with Gasteiger partial charge in [-0.1, -0.05) is 12.1 Å². The van der Waals surface area contributed by atoms with Gasteiger partial charge in [-0.2, -0.15) is 5.10 Å². The molecule has 0 aliphatic rings. The first-order valence-corrected chi connectivity index (χ1v) is 8.50. The van der Waals surface area contributed by atoms with Crippen LogP contribution in [0.5, 0.6) is 0 Å². The van der Waals surface area contributed by atoms with Crippen molar-refractivity contribution in [2.75, 3.05) is 17.7 Å². The lowest BCUT2D eigenvalue weighted by Crippen LogP contribution is -2.14. The Kier molecular flexibility index (Phi) is 5.11. The molecule has 7 nitrogen and oxygen atoms in total. The van der Waals surface area contributed by atoms with E-state index in [-0.39, 0.29) is 5.91 Å². The van der Waals surface area contributed by atoms with Crippen molar-refractivity contribution in [3.05, 3.63) is 52.8 Å². The minimum Gasteiger partial charge on any atom is -0.380 e. The number of methoxy groups -OCH3 is 1. The maximum Gasteiger partial charge on any atom is 0.278 e. The van der Waals surface area contributed by atoms with E-state index in [1.165, 1.54) is 11.3 Å². The first-order chi connectivity index (χ1) is 12.0. The summed E-state index contributed by atoms with van der Waals surface area (Å²) in [6.45, 7) is 2.40. The molecule has 0 aliphatic heterocycles. The number of hydrogen-bond acceptors (Lipinski definition) is 6. The van der Waals surface area contributed by atoms with Crippen LogP contribution < -0.4 is 10.6 Å². The van der Waals surface area contributed by atoms with Crippen LogP contribution in [0.1, 0.15) is 21.1 Å². The topological polar surface area (TPSA) is 81.1 Å². The van der Waals surface area contributed by atoms with Gasteiger partial charge >= 0.3 is 0 Å². The Morgan fingerprint density at radius 1 is 1.36 bits per heavy atom. The summed E-state index contributed by atoms with van der Waals surface area (Å²) >= 11 is 1.43. The third-order valence-corrected chi connectivity index (χ3v) is 4.29. The summed E-state index contributed by atoms with van der Waals surface area (Å²) in [6, 6.07) is 9.59. The van der Waals surface area contributed by atoms with E-state index < -0.39 is 0 Å². The highest BCUT2D eigenvalue weighted by molar-refractivity contribution is 7.16. The number of benzene rings is 1. The molecule has 2 heterocycles. The number of thiazole rings is 1. The highest BCUT2D eigenvalue weighted by Gasteiger charge is 2.18. The lowest BCUT2D eigenvalue weighted by Gasteiger charge is -2.08. The van der Waals surface area contributed by atoms with Crippen molar-refractivity contribution in [1.29, 1.82) is 0 Å². The van der Waals surface area contributed by atoms with Crippen LogP contribution in [-0.4, -0.2) is 27.8 Å². The van der Waals surface area contributed by atoms with Gasteiger partial charge in [0.1, 0.15) is 5.00 Å². The summed E-state index contributed by atoms with van der Waals surface area (Å²) in [7, 11) is 3.45. The lowest BCUT2D eigenvalue weighted by atomic mass is 10.2. The smallest absolute Gasteiger partial charge is 0.278 e. The quantitative estimate of drug-likeness (QED) is 0.707. The summed E-state index contributed by atoms with van der Waals surface area (Å²) in [5.74, 6) is 0.199. The number of aromatic nitrogens is 3. The first-order valence-electron chi connectivity index (χ1n) is 7.68. The van der Waals surface area contributed by atoms with Gasteiger partial charge in [0.25, 0.3) is 5.91 Å². The van der Waals surface area contributed by atoms with E-state index in [4.69, 9.17) is 4.74 Å². The van der Waals surface area contributed by atoms with Crippen molar-refractivity contribution in [3.8, 4) is 0 Å². The molecule has 0 unspecified atom stereocenters. The third kappa shape index (κ3) is 4.23. The molecule has 0 spiro atoms. The molecule has 0 aliphatic carbocycles. The minimum atomic E-state index is -0.293. The van der Waals surface area contributed by atoms with Gasteiger partial charge < -0.3 is 15.4 Å². The zero-order valence-corrected chi connectivity index (χ0v) is 15.1. The van der Waals surface area contributed by atoms with Gasteiger partial charge in [0.2, 0.25) is 0 Å². The molecule has 0 fully saturated rings. The molecule has 130 valence electrons.